The van der Waals surface area contributed by atoms with Crippen LogP contribution < -0.4 is 5.32 Å². The smallest absolute Gasteiger partial charge is 0.349 e. The van der Waals surface area contributed by atoms with E-state index < -0.39 is 10.9 Å². The molecule has 0 bridgehead atoms. The standard InChI is InChI=1S/C14H18N2O5S/c1-9-4-2-3-5-10(9)15-12(17)8-21-14(18)11-6-7-13(22-11)16(19)20/h6-7,9-10H,2-5,8H2,1H3,(H,15,17)/t9-,10+/m1/s1. The number of carbonyl (C=O) groups excluding carboxylic acids is 2. The number of esters is 1. The highest BCUT2D eigenvalue weighted by atomic mass is 32.1. The van der Waals surface area contributed by atoms with Crippen LogP contribution in [0.1, 0.15) is 42.3 Å². The van der Waals surface area contributed by atoms with Gasteiger partial charge in [-0.05, 0) is 24.8 Å². The number of nitrogens with one attached hydrogen (secondary N) is 1. The zero-order chi connectivity index (χ0) is 16.1. The molecule has 22 heavy (non-hydrogen) atoms. The number of carbonyl (C=O) groups is 2. The summed E-state index contributed by atoms with van der Waals surface area (Å²) in [6.45, 7) is 1.73. The van der Waals surface area contributed by atoms with Crippen molar-refractivity contribution in [3.63, 3.8) is 0 Å². The average Bonchev–Trinajstić information content (AvgIpc) is 2.97. The summed E-state index contributed by atoms with van der Waals surface area (Å²) in [4.78, 5) is 33.6. The van der Waals surface area contributed by atoms with Crippen molar-refractivity contribution in [2.45, 2.75) is 38.6 Å². The Hall–Kier alpha value is -1.96. The highest BCUT2D eigenvalue weighted by Gasteiger charge is 2.23. The summed E-state index contributed by atoms with van der Waals surface area (Å²) in [5, 5.41) is 13.3. The maximum Gasteiger partial charge on any atom is 0.349 e. The minimum Gasteiger partial charge on any atom is -0.451 e. The van der Waals surface area contributed by atoms with Crippen LogP contribution in [0.2, 0.25) is 0 Å². The molecule has 1 aliphatic carbocycles. The summed E-state index contributed by atoms with van der Waals surface area (Å²) in [6.07, 6.45) is 4.30. The van der Waals surface area contributed by atoms with Gasteiger partial charge in [-0.3, -0.25) is 14.9 Å². The van der Waals surface area contributed by atoms with Crippen molar-refractivity contribution >= 4 is 28.2 Å². The van der Waals surface area contributed by atoms with Gasteiger partial charge in [0.05, 0.1) is 4.92 Å². The van der Waals surface area contributed by atoms with Gasteiger partial charge in [-0.15, -0.1) is 0 Å². The molecule has 1 N–H and O–H groups in total. The third-order valence-electron chi connectivity index (χ3n) is 3.77. The van der Waals surface area contributed by atoms with Crippen molar-refractivity contribution in [2.75, 3.05) is 6.61 Å². The molecule has 1 saturated carbocycles. The molecule has 1 aromatic rings. The van der Waals surface area contributed by atoms with E-state index in [1.54, 1.807) is 0 Å². The van der Waals surface area contributed by atoms with Gasteiger partial charge in [-0.25, -0.2) is 4.79 Å². The summed E-state index contributed by atoms with van der Waals surface area (Å²) in [5.41, 5.74) is 0. The summed E-state index contributed by atoms with van der Waals surface area (Å²) < 4.78 is 4.90. The zero-order valence-corrected chi connectivity index (χ0v) is 13.1. The zero-order valence-electron chi connectivity index (χ0n) is 12.2. The third-order valence-corrected chi connectivity index (χ3v) is 4.78. The molecule has 0 spiro atoms. The van der Waals surface area contributed by atoms with Crippen LogP contribution >= 0.6 is 11.3 Å². The molecule has 0 aliphatic heterocycles. The highest BCUT2D eigenvalue weighted by molar-refractivity contribution is 7.17. The number of ether oxygens (including phenoxy) is 1. The number of hydrogen-bond acceptors (Lipinski definition) is 6. The van der Waals surface area contributed by atoms with Crippen molar-refractivity contribution in [3.05, 3.63) is 27.1 Å². The van der Waals surface area contributed by atoms with Crippen LogP contribution in [0.25, 0.3) is 0 Å². The van der Waals surface area contributed by atoms with Crippen LogP contribution in [0, 0.1) is 16.0 Å². The monoisotopic (exact) mass is 326 g/mol. The Kier molecular flexibility index (Phi) is 5.48. The predicted molar refractivity (Wildman–Crippen MR) is 80.8 cm³/mol. The largest absolute Gasteiger partial charge is 0.451 e. The number of nitro groups is 1. The number of hydrogen-bond donors (Lipinski definition) is 1. The average molecular weight is 326 g/mol. The maximum absolute atomic E-state index is 11.8. The lowest BCUT2D eigenvalue weighted by atomic mass is 9.86. The van der Waals surface area contributed by atoms with Crippen LogP contribution in [0.15, 0.2) is 12.1 Å². The molecule has 0 radical (unpaired) electrons. The molecule has 1 amide bonds. The van der Waals surface area contributed by atoms with Crippen LogP contribution in [0.5, 0.6) is 0 Å². The van der Waals surface area contributed by atoms with E-state index in [-0.39, 0.29) is 28.4 Å². The molecule has 0 unspecified atom stereocenters. The fourth-order valence-corrected chi connectivity index (χ4v) is 3.23. The highest BCUT2D eigenvalue weighted by Crippen LogP contribution is 2.25. The van der Waals surface area contributed by atoms with Crippen molar-refractivity contribution in [1.29, 1.82) is 0 Å². The van der Waals surface area contributed by atoms with Crippen molar-refractivity contribution in [3.8, 4) is 0 Å². The van der Waals surface area contributed by atoms with Crippen molar-refractivity contribution < 1.29 is 19.2 Å². The summed E-state index contributed by atoms with van der Waals surface area (Å²) in [5.74, 6) is -0.628. The molecule has 2 rings (SSSR count). The predicted octanol–water partition coefficient (Wildman–Crippen LogP) is 2.51. The Labute approximate surface area is 131 Å². The topological polar surface area (TPSA) is 98.5 Å². The van der Waals surface area contributed by atoms with E-state index in [1.165, 1.54) is 18.6 Å². The molecule has 1 heterocycles. The van der Waals surface area contributed by atoms with Crippen molar-refractivity contribution in [1.82, 2.24) is 5.32 Å². The Morgan fingerprint density at radius 3 is 2.77 bits per heavy atom. The maximum atomic E-state index is 11.8. The molecule has 2 atom stereocenters. The second-order valence-corrected chi connectivity index (χ2v) is 6.47. The Morgan fingerprint density at radius 2 is 2.14 bits per heavy atom. The van der Waals surface area contributed by atoms with Gasteiger partial charge in [0.15, 0.2) is 6.61 Å². The molecule has 1 aromatic heterocycles. The number of amides is 1. The van der Waals surface area contributed by atoms with Crippen LogP contribution in [0.4, 0.5) is 5.00 Å². The SMILES string of the molecule is C[C@@H]1CCCC[C@@H]1NC(=O)COC(=O)c1ccc([N+](=O)[O-])s1. The summed E-state index contributed by atoms with van der Waals surface area (Å²) in [6, 6.07) is 2.69. The van der Waals surface area contributed by atoms with Gasteiger partial charge in [0.1, 0.15) is 4.88 Å². The first-order valence-corrected chi connectivity index (χ1v) is 7.99. The number of rotatable bonds is 5. The van der Waals surface area contributed by atoms with Gasteiger partial charge >= 0.3 is 11.0 Å². The quantitative estimate of drug-likeness (QED) is 0.509. The van der Waals surface area contributed by atoms with Crippen LogP contribution in [0.3, 0.4) is 0 Å². The van der Waals surface area contributed by atoms with Gasteiger partial charge in [-0.2, -0.15) is 0 Å². The first kappa shape index (κ1) is 16.4. The second-order valence-electron chi connectivity index (χ2n) is 5.41. The molecule has 1 fully saturated rings. The van der Waals surface area contributed by atoms with Gasteiger partial charge in [0.2, 0.25) is 0 Å². The molecule has 8 heteroatoms. The van der Waals surface area contributed by atoms with E-state index >= 15 is 0 Å². The Balaban J connectivity index is 1.79. The molecule has 0 saturated heterocycles. The first-order valence-electron chi connectivity index (χ1n) is 7.18. The lowest BCUT2D eigenvalue weighted by Crippen LogP contribution is -2.42. The molecule has 0 aromatic carbocycles. The number of nitrogens with zero attached hydrogens (tertiary/aromatic N) is 1. The van der Waals surface area contributed by atoms with Gasteiger partial charge in [0, 0.05) is 12.1 Å². The van der Waals surface area contributed by atoms with E-state index in [0.29, 0.717) is 5.92 Å². The van der Waals surface area contributed by atoms with Gasteiger partial charge < -0.3 is 10.1 Å². The molecule has 120 valence electrons. The minimum atomic E-state index is -0.718. The van der Waals surface area contributed by atoms with Crippen LogP contribution in [-0.2, 0) is 9.53 Å². The minimum absolute atomic E-state index is 0.116. The first-order chi connectivity index (χ1) is 10.5. The molecule has 7 nitrogen and oxygen atoms in total. The molecular weight excluding hydrogens is 308 g/mol. The lowest BCUT2D eigenvalue weighted by molar-refractivity contribution is -0.380. The fourth-order valence-electron chi connectivity index (χ4n) is 2.52. The summed E-state index contributed by atoms with van der Waals surface area (Å²) in [7, 11) is 0. The van der Waals surface area contributed by atoms with Gasteiger partial charge in [0.25, 0.3) is 5.91 Å². The van der Waals surface area contributed by atoms with E-state index in [4.69, 9.17) is 4.74 Å². The normalized spacial score (nSPS) is 21.1. The van der Waals surface area contributed by atoms with Crippen molar-refractivity contribution in [2.24, 2.45) is 5.92 Å². The molecular formula is C14H18N2O5S. The van der Waals surface area contributed by atoms with E-state index in [0.717, 1.165) is 30.6 Å². The van der Waals surface area contributed by atoms with Crippen LogP contribution in [-0.4, -0.2) is 29.4 Å². The Bertz CT molecular complexity index is 571. The molecule has 1 aliphatic rings. The van der Waals surface area contributed by atoms with E-state index in [9.17, 15) is 19.7 Å². The second kappa shape index (κ2) is 7.35. The third kappa shape index (κ3) is 4.27. The Morgan fingerprint density at radius 1 is 1.41 bits per heavy atom. The fraction of sp³-hybridized carbons (Fsp3) is 0.571. The van der Waals surface area contributed by atoms with E-state index in [1.807, 2.05) is 0 Å². The number of thiophene rings is 1. The lowest BCUT2D eigenvalue weighted by Gasteiger charge is -2.29. The van der Waals surface area contributed by atoms with Gasteiger partial charge in [-0.1, -0.05) is 31.1 Å². The summed E-state index contributed by atoms with van der Waals surface area (Å²) >= 11 is 0.731. The van der Waals surface area contributed by atoms with E-state index in [2.05, 4.69) is 12.2 Å².